The van der Waals surface area contributed by atoms with Crippen LogP contribution in [0.2, 0.25) is 0 Å². The highest BCUT2D eigenvalue weighted by Crippen LogP contribution is 2.48. The molecule has 2 aliphatic carbocycles. The van der Waals surface area contributed by atoms with Crippen molar-refractivity contribution >= 4 is 0 Å². The summed E-state index contributed by atoms with van der Waals surface area (Å²) in [5.41, 5.74) is 6.38. The lowest BCUT2D eigenvalue weighted by Gasteiger charge is -2.48. The molecule has 1 saturated heterocycles. The molecule has 19 heavy (non-hydrogen) atoms. The van der Waals surface area contributed by atoms with Crippen LogP contribution >= 0.6 is 0 Å². The van der Waals surface area contributed by atoms with E-state index in [4.69, 9.17) is 10.5 Å². The number of hydrogen-bond acceptors (Lipinski definition) is 3. The van der Waals surface area contributed by atoms with Gasteiger partial charge in [0, 0.05) is 25.7 Å². The van der Waals surface area contributed by atoms with Gasteiger partial charge in [0.05, 0.1) is 11.2 Å². The maximum absolute atomic E-state index is 6.46. The number of morpholine rings is 1. The summed E-state index contributed by atoms with van der Waals surface area (Å²) < 4.78 is 6.17. The fourth-order valence-corrected chi connectivity index (χ4v) is 5.10. The second kappa shape index (κ2) is 4.44. The van der Waals surface area contributed by atoms with Gasteiger partial charge in [-0.05, 0) is 64.7 Å². The molecule has 3 aliphatic rings. The maximum Gasteiger partial charge on any atom is 0.0760 e. The zero-order chi connectivity index (χ0) is 13.8. The first-order chi connectivity index (χ1) is 8.76. The molecule has 4 atom stereocenters. The van der Waals surface area contributed by atoms with Gasteiger partial charge in [-0.25, -0.2) is 0 Å². The molecular weight excluding hydrogens is 236 g/mol. The van der Waals surface area contributed by atoms with Gasteiger partial charge < -0.3 is 10.5 Å². The van der Waals surface area contributed by atoms with E-state index in [2.05, 4.69) is 32.6 Å². The fourth-order valence-electron chi connectivity index (χ4n) is 5.10. The van der Waals surface area contributed by atoms with E-state index in [9.17, 15) is 0 Å². The van der Waals surface area contributed by atoms with Crippen LogP contribution in [-0.4, -0.2) is 41.8 Å². The fraction of sp³-hybridized carbons (Fsp3) is 1.00. The number of nitrogens with zero attached hydrogens (tertiary/aromatic N) is 1. The molecule has 2 bridgehead atoms. The predicted octanol–water partition coefficient (Wildman–Crippen LogP) is 2.25. The van der Waals surface area contributed by atoms with Gasteiger partial charge in [-0.15, -0.1) is 0 Å². The standard InChI is InChI=1S/C16H30N2O/c1-15(2)9-18(10-16(3,4)19-15)8-13-11-5-6-12(7-11)14(13)17/h11-14H,5-10,17H2,1-4H3. The molecule has 1 heterocycles. The van der Waals surface area contributed by atoms with Crippen LogP contribution in [-0.2, 0) is 4.74 Å². The molecule has 2 N–H and O–H groups in total. The summed E-state index contributed by atoms with van der Waals surface area (Å²) in [7, 11) is 0. The summed E-state index contributed by atoms with van der Waals surface area (Å²) in [6.07, 6.45) is 4.19. The van der Waals surface area contributed by atoms with E-state index in [0.717, 1.165) is 30.8 Å². The number of nitrogens with two attached hydrogens (primary N) is 1. The van der Waals surface area contributed by atoms with Gasteiger partial charge in [0.25, 0.3) is 0 Å². The SMILES string of the molecule is CC1(C)CN(CC2C3CCC(C3)C2N)CC(C)(C)O1. The number of rotatable bonds is 2. The summed E-state index contributed by atoms with van der Waals surface area (Å²) >= 11 is 0. The van der Waals surface area contributed by atoms with E-state index in [1.54, 1.807) is 0 Å². The minimum absolute atomic E-state index is 0.0382. The Balaban J connectivity index is 1.66. The van der Waals surface area contributed by atoms with E-state index >= 15 is 0 Å². The smallest absolute Gasteiger partial charge is 0.0760 e. The Hall–Kier alpha value is -0.120. The van der Waals surface area contributed by atoms with Crippen molar-refractivity contribution < 1.29 is 4.74 Å². The number of ether oxygens (including phenoxy) is 1. The first kappa shape index (κ1) is 13.8. The summed E-state index contributed by atoms with van der Waals surface area (Å²) in [6.45, 7) is 12.1. The van der Waals surface area contributed by atoms with Crippen molar-refractivity contribution in [3.8, 4) is 0 Å². The van der Waals surface area contributed by atoms with Crippen molar-refractivity contribution in [1.29, 1.82) is 0 Å². The van der Waals surface area contributed by atoms with Crippen LogP contribution in [0.15, 0.2) is 0 Å². The molecular formula is C16H30N2O. The van der Waals surface area contributed by atoms with E-state index in [1.165, 1.54) is 25.8 Å². The van der Waals surface area contributed by atoms with Gasteiger partial charge in [-0.2, -0.15) is 0 Å². The lowest BCUT2D eigenvalue weighted by atomic mass is 9.84. The zero-order valence-corrected chi connectivity index (χ0v) is 13.0. The molecule has 0 aromatic carbocycles. The van der Waals surface area contributed by atoms with Gasteiger partial charge in [0.15, 0.2) is 0 Å². The molecule has 0 amide bonds. The van der Waals surface area contributed by atoms with Gasteiger partial charge >= 0.3 is 0 Å². The molecule has 0 aromatic heterocycles. The van der Waals surface area contributed by atoms with Gasteiger partial charge in [0.1, 0.15) is 0 Å². The number of hydrogen-bond donors (Lipinski definition) is 1. The Kier molecular flexibility index (Phi) is 3.23. The van der Waals surface area contributed by atoms with Gasteiger partial charge in [-0.3, -0.25) is 4.90 Å². The van der Waals surface area contributed by atoms with E-state index in [1.807, 2.05) is 0 Å². The molecule has 0 radical (unpaired) electrons. The predicted molar refractivity (Wildman–Crippen MR) is 78.0 cm³/mol. The summed E-state index contributed by atoms with van der Waals surface area (Å²) in [6, 6.07) is 0.452. The molecule has 2 saturated carbocycles. The van der Waals surface area contributed by atoms with Crippen molar-refractivity contribution in [1.82, 2.24) is 4.90 Å². The summed E-state index contributed by atoms with van der Waals surface area (Å²) in [4.78, 5) is 2.61. The molecule has 0 aromatic rings. The van der Waals surface area contributed by atoms with Gasteiger partial charge in [0.2, 0.25) is 0 Å². The van der Waals surface area contributed by atoms with E-state index < -0.39 is 0 Å². The van der Waals surface area contributed by atoms with E-state index in [0.29, 0.717) is 6.04 Å². The minimum atomic E-state index is -0.0382. The first-order valence-electron chi connectivity index (χ1n) is 7.94. The highest BCUT2D eigenvalue weighted by molar-refractivity contribution is 5.01. The first-order valence-corrected chi connectivity index (χ1v) is 7.94. The van der Waals surface area contributed by atoms with Crippen molar-refractivity contribution in [2.75, 3.05) is 19.6 Å². The Morgan fingerprint density at radius 2 is 1.63 bits per heavy atom. The average molecular weight is 266 g/mol. The third kappa shape index (κ3) is 2.70. The Bertz CT molecular complexity index is 335. The Labute approximate surface area is 117 Å². The molecule has 3 fully saturated rings. The lowest BCUT2D eigenvalue weighted by molar-refractivity contribution is -0.183. The summed E-state index contributed by atoms with van der Waals surface area (Å²) in [5, 5.41) is 0. The normalized spacial score (nSPS) is 44.7. The van der Waals surface area contributed by atoms with Crippen molar-refractivity contribution in [3.63, 3.8) is 0 Å². The van der Waals surface area contributed by atoms with Crippen molar-refractivity contribution in [3.05, 3.63) is 0 Å². The van der Waals surface area contributed by atoms with Crippen LogP contribution in [0, 0.1) is 17.8 Å². The molecule has 4 unspecified atom stereocenters. The third-order valence-electron chi connectivity index (χ3n) is 5.39. The third-order valence-corrected chi connectivity index (χ3v) is 5.39. The molecule has 3 nitrogen and oxygen atoms in total. The Morgan fingerprint density at radius 3 is 2.16 bits per heavy atom. The highest BCUT2D eigenvalue weighted by atomic mass is 16.5. The second-order valence-electron chi connectivity index (χ2n) is 8.37. The zero-order valence-electron chi connectivity index (χ0n) is 13.0. The maximum atomic E-state index is 6.46. The second-order valence-corrected chi connectivity index (χ2v) is 8.37. The van der Waals surface area contributed by atoms with Crippen LogP contribution < -0.4 is 5.73 Å². The molecule has 3 heteroatoms. The van der Waals surface area contributed by atoms with Crippen LogP contribution in [0.3, 0.4) is 0 Å². The van der Waals surface area contributed by atoms with Crippen LogP contribution in [0.25, 0.3) is 0 Å². The highest BCUT2D eigenvalue weighted by Gasteiger charge is 2.47. The number of fused-ring (bicyclic) bond motifs is 2. The van der Waals surface area contributed by atoms with E-state index in [-0.39, 0.29) is 11.2 Å². The van der Waals surface area contributed by atoms with Crippen molar-refractivity contribution in [2.45, 2.75) is 64.2 Å². The minimum Gasteiger partial charge on any atom is -0.367 e. The lowest BCUT2D eigenvalue weighted by Crippen LogP contribution is -2.59. The van der Waals surface area contributed by atoms with Gasteiger partial charge in [-0.1, -0.05) is 0 Å². The molecule has 0 spiro atoms. The molecule has 3 rings (SSSR count). The Morgan fingerprint density at radius 1 is 1.05 bits per heavy atom. The van der Waals surface area contributed by atoms with Crippen LogP contribution in [0.4, 0.5) is 0 Å². The summed E-state index contributed by atoms with van der Waals surface area (Å²) in [5.74, 6) is 2.44. The van der Waals surface area contributed by atoms with Crippen molar-refractivity contribution in [2.24, 2.45) is 23.5 Å². The quantitative estimate of drug-likeness (QED) is 0.833. The largest absolute Gasteiger partial charge is 0.367 e. The molecule has 110 valence electrons. The molecule has 1 aliphatic heterocycles. The monoisotopic (exact) mass is 266 g/mol. The van der Waals surface area contributed by atoms with Crippen LogP contribution in [0.1, 0.15) is 47.0 Å². The van der Waals surface area contributed by atoms with Crippen LogP contribution in [0.5, 0.6) is 0 Å². The topological polar surface area (TPSA) is 38.5 Å². The average Bonchev–Trinajstić information content (AvgIpc) is 2.77.